The summed E-state index contributed by atoms with van der Waals surface area (Å²) < 4.78 is 13.0. The monoisotopic (exact) mass is 198 g/mol. The van der Waals surface area contributed by atoms with E-state index in [1.807, 2.05) is 12.1 Å². The molecule has 0 amide bonds. The first kappa shape index (κ1) is 11.3. The minimum Gasteiger partial charge on any atom is -0.218 e. The van der Waals surface area contributed by atoms with E-state index in [9.17, 15) is 4.39 Å². The molecule has 0 heterocycles. The normalized spacial score (nSPS) is 9.69. The molecule has 0 unspecified atom stereocenters. The SMILES string of the molecule is Cc1c(F)ccc2ccc[c-]c12.[K+]. The molecule has 0 N–H and O–H groups in total. The van der Waals surface area contributed by atoms with Crippen LogP contribution in [0.2, 0.25) is 0 Å². The number of rotatable bonds is 0. The van der Waals surface area contributed by atoms with Crippen molar-refractivity contribution in [2.45, 2.75) is 6.92 Å². The summed E-state index contributed by atoms with van der Waals surface area (Å²) in [6, 6.07) is 11.9. The van der Waals surface area contributed by atoms with E-state index in [2.05, 4.69) is 6.07 Å². The molecule has 0 atom stereocenters. The number of hydrogen-bond donors (Lipinski definition) is 0. The fourth-order valence-corrected chi connectivity index (χ4v) is 1.32. The first-order valence-corrected chi connectivity index (χ1v) is 3.84. The van der Waals surface area contributed by atoms with Gasteiger partial charge in [0.25, 0.3) is 0 Å². The van der Waals surface area contributed by atoms with E-state index in [1.165, 1.54) is 6.07 Å². The Kier molecular flexibility index (Phi) is 4.07. The number of halogens is 1. The average molecular weight is 198 g/mol. The summed E-state index contributed by atoms with van der Waals surface area (Å²) in [5, 5.41) is 1.91. The molecule has 0 radical (unpaired) electrons. The predicted molar refractivity (Wildman–Crippen MR) is 47.5 cm³/mol. The van der Waals surface area contributed by atoms with Gasteiger partial charge in [-0.05, 0) is 6.07 Å². The Morgan fingerprint density at radius 1 is 1.23 bits per heavy atom. The third-order valence-corrected chi connectivity index (χ3v) is 2.03. The van der Waals surface area contributed by atoms with E-state index in [-0.39, 0.29) is 57.2 Å². The molecule has 0 spiro atoms. The van der Waals surface area contributed by atoms with Crippen LogP contribution in [-0.2, 0) is 0 Å². The van der Waals surface area contributed by atoms with Gasteiger partial charge in [0.2, 0.25) is 0 Å². The minimum atomic E-state index is -0.162. The molecule has 13 heavy (non-hydrogen) atoms. The average Bonchev–Trinajstić information content (AvgIpc) is 2.12. The second-order valence-corrected chi connectivity index (χ2v) is 2.81. The molecule has 0 aliphatic heterocycles. The van der Waals surface area contributed by atoms with Crippen LogP contribution in [-0.4, -0.2) is 0 Å². The second kappa shape index (κ2) is 4.67. The summed E-state index contributed by atoms with van der Waals surface area (Å²) in [5.41, 5.74) is 0.674. The van der Waals surface area contributed by atoms with Crippen molar-refractivity contribution in [1.82, 2.24) is 0 Å². The number of aryl methyl sites for hydroxylation is 1. The maximum atomic E-state index is 13.0. The van der Waals surface area contributed by atoms with Crippen LogP contribution in [0.1, 0.15) is 5.56 Å². The molecule has 0 saturated carbocycles. The van der Waals surface area contributed by atoms with E-state index < -0.39 is 0 Å². The second-order valence-electron chi connectivity index (χ2n) is 2.81. The van der Waals surface area contributed by atoms with Crippen LogP contribution in [0.4, 0.5) is 4.39 Å². The van der Waals surface area contributed by atoms with Crippen molar-refractivity contribution in [2.75, 3.05) is 0 Å². The summed E-state index contributed by atoms with van der Waals surface area (Å²) in [6.07, 6.45) is 0. The molecule has 2 rings (SSSR count). The zero-order valence-corrected chi connectivity index (χ0v) is 10.9. The molecule has 0 aliphatic rings. The van der Waals surface area contributed by atoms with Crippen LogP contribution >= 0.6 is 0 Å². The standard InChI is InChI=1S/C11H8F.K/c1-8-10-5-3-2-4-9(10)6-7-11(8)12;/h2-4,6-7H,1H3;/q-1;+1. The van der Waals surface area contributed by atoms with Crippen molar-refractivity contribution in [2.24, 2.45) is 0 Å². The van der Waals surface area contributed by atoms with Crippen molar-refractivity contribution in [3.63, 3.8) is 0 Å². The van der Waals surface area contributed by atoms with Gasteiger partial charge in [-0.1, -0.05) is 18.6 Å². The third-order valence-electron chi connectivity index (χ3n) is 2.03. The Morgan fingerprint density at radius 3 is 2.77 bits per heavy atom. The summed E-state index contributed by atoms with van der Waals surface area (Å²) in [7, 11) is 0. The molecular weight excluding hydrogens is 190 g/mol. The van der Waals surface area contributed by atoms with Gasteiger partial charge in [-0.15, -0.1) is 35.0 Å². The summed E-state index contributed by atoms with van der Waals surface area (Å²) in [5.74, 6) is -0.162. The molecule has 0 aliphatic carbocycles. The van der Waals surface area contributed by atoms with Crippen LogP contribution in [0.3, 0.4) is 0 Å². The molecule has 60 valence electrons. The molecule has 0 saturated heterocycles. The minimum absolute atomic E-state index is 0. The fraction of sp³-hybridized carbons (Fsp3) is 0.0909. The number of fused-ring (bicyclic) bond motifs is 1. The van der Waals surface area contributed by atoms with Crippen LogP contribution in [0.5, 0.6) is 0 Å². The Morgan fingerprint density at radius 2 is 2.00 bits per heavy atom. The molecule has 2 aromatic rings. The number of hydrogen-bond acceptors (Lipinski definition) is 0. The summed E-state index contributed by atoms with van der Waals surface area (Å²) in [6.45, 7) is 1.77. The largest absolute Gasteiger partial charge is 1.00 e. The first-order chi connectivity index (χ1) is 5.79. The van der Waals surface area contributed by atoms with Gasteiger partial charge < -0.3 is 0 Å². The Hall–Kier alpha value is 0.266. The zero-order chi connectivity index (χ0) is 8.55. The van der Waals surface area contributed by atoms with Crippen molar-refractivity contribution in [3.05, 3.63) is 47.8 Å². The van der Waals surface area contributed by atoms with Gasteiger partial charge in [-0.3, -0.25) is 0 Å². The van der Waals surface area contributed by atoms with Crippen molar-refractivity contribution in [1.29, 1.82) is 0 Å². The molecule has 2 aromatic carbocycles. The molecule has 2 heteroatoms. The van der Waals surface area contributed by atoms with Gasteiger partial charge in [-0.2, -0.15) is 0 Å². The van der Waals surface area contributed by atoms with Crippen LogP contribution in [0.15, 0.2) is 30.3 Å². The fourth-order valence-electron chi connectivity index (χ4n) is 1.32. The smallest absolute Gasteiger partial charge is 0.218 e. The van der Waals surface area contributed by atoms with Gasteiger partial charge in [0.15, 0.2) is 0 Å². The Balaban J connectivity index is 0.000000845. The van der Waals surface area contributed by atoms with Crippen molar-refractivity contribution < 1.29 is 55.8 Å². The van der Waals surface area contributed by atoms with E-state index in [0.29, 0.717) is 5.56 Å². The maximum absolute atomic E-state index is 13.0. The molecule has 0 aromatic heterocycles. The van der Waals surface area contributed by atoms with Gasteiger partial charge in [0, 0.05) is 0 Å². The van der Waals surface area contributed by atoms with E-state index in [1.54, 1.807) is 19.1 Å². The van der Waals surface area contributed by atoms with Crippen LogP contribution in [0.25, 0.3) is 10.8 Å². The van der Waals surface area contributed by atoms with E-state index in [0.717, 1.165) is 10.8 Å². The van der Waals surface area contributed by atoms with Crippen molar-refractivity contribution in [3.8, 4) is 0 Å². The quantitative estimate of drug-likeness (QED) is 0.416. The molecule has 0 nitrogen and oxygen atoms in total. The topological polar surface area (TPSA) is 0 Å². The maximum Gasteiger partial charge on any atom is 1.00 e. The Labute approximate surface area is 120 Å². The van der Waals surface area contributed by atoms with Gasteiger partial charge in [0.05, 0.1) is 5.82 Å². The Bertz CT molecular complexity index is 423. The number of benzene rings is 2. The third kappa shape index (κ3) is 2.20. The summed E-state index contributed by atoms with van der Waals surface area (Å²) in [4.78, 5) is 0. The van der Waals surface area contributed by atoms with Gasteiger partial charge in [-0.25, -0.2) is 4.39 Å². The molecule has 0 fully saturated rings. The zero-order valence-electron chi connectivity index (χ0n) is 7.76. The molecular formula is C11H8FK. The predicted octanol–water partition coefficient (Wildman–Crippen LogP) is 0.0915. The van der Waals surface area contributed by atoms with Gasteiger partial charge in [0.1, 0.15) is 0 Å². The van der Waals surface area contributed by atoms with Gasteiger partial charge >= 0.3 is 51.4 Å². The van der Waals surface area contributed by atoms with Crippen molar-refractivity contribution >= 4 is 10.8 Å². The first-order valence-electron chi connectivity index (χ1n) is 3.84. The van der Waals surface area contributed by atoms with E-state index in [4.69, 9.17) is 0 Å². The van der Waals surface area contributed by atoms with Crippen LogP contribution < -0.4 is 51.4 Å². The molecule has 0 bridgehead atoms. The van der Waals surface area contributed by atoms with Crippen LogP contribution in [0, 0.1) is 18.8 Å². The summed E-state index contributed by atoms with van der Waals surface area (Å²) >= 11 is 0. The van der Waals surface area contributed by atoms with E-state index >= 15 is 0 Å².